The van der Waals surface area contributed by atoms with Crippen molar-refractivity contribution in [3.8, 4) is 0 Å². The van der Waals surface area contributed by atoms with E-state index in [0.717, 1.165) is 0 Å². The minimum atomic E-state index is -0.635. The van der Waals surface area contributed by atoms with Crippen LogP contribution in [-0.2, 0) is 6.42 Å². The van der Waals surface area contributed by atoms with Gasteiger partial charge in [0.15, 0.2) is 0 Å². The van der Waals surface area contributed by atoms with Crippen LogP contribution < -0.4 is 11.3 Å². The molecule has 0 aliphatic carbocycles. The molecular formula is C12H11BrF2N4. The van der Waals surface area contributed by atoms with Gasteiger partial charge in [0, 0.05) is 24.4 Å². The first kappa shape index (κ1) is 14.0. The van der Waals surface area contributed by atoms with Crippen LogP contribution in [-0.4, -0.2) is 9.97 Å². The van der Waals surface area contributed by atoms with Gasteiger partial charge in [0.25, 0.3) is 0 Å². The molecule has 7 heteroatoms. The van der Waals surface area contributed by atoms with Crippen molar-refractivity contribution in [3.05, 3.63) is 58.1 Å². The van der Waals surface area contributed by atoms with E-state index in [1.807, 2.05) is 0 Å². The Kier molecular flexibility index (Phi) is 4.52. The van der Waals surface area contributed by atoms with Crippen molar-refractivity contribution in [3.63, 3.8) is 0 Å². The molecule has 1 atom stereocenters. The van der Waals surface area contributed by atoms with Crippen LogP contribution >= 0.6 is 15.9 Å². The highest BCUT2D eigenvalue weighted by Gasteiger charge is 2.19. The van der Waals surface area contributed by atoms with Gasteiger partial charge in [-0.05, 0) is 28.1 Å². The standard InChI is InChI=1S/C12H11BrF2N4/c13-8-1-2-9(14)7(12(8)15)5-10(19-16)11-6-17-3-4-18-11/h1-4,6,10,19H,5,16H2. The van der Waals surface area contributed by atoms with Crippen molar-refractivity contribution >= 4 is 15.9 Å². The molecule has 4 nitrogen and oxygen atoms in total. The van der Waals surface area contributed by atoms with E-state index < -0.39 is 17.7 Å². The molecule has 2 aromatic rings. The van der Waals surface area contributed by atoms with Gasteiger partial charge in [0.05, 0.1) is 22.4 Å². The Morgan fingerprint density at radius 2 is 2.11 bits per heavy atom. The highest BCUT2D eigenvalue weighted by Crippen LogP contribution is 2.25. The summed E-state index contributed by atoms with van der Waals surface area (Å²) in [5, 5.41) is 0. The van der Waals surface area contributed by atoms with Crippen molar-refractivity contribution in [2.75, 3.05) is 0 Å². The summed E-state index contributed by atoms with van der Waals surface area (Å²) in [5.74, 6) is 4.16. The molecule has 1 aromatic heterocycles. The van der Waals surface area contributed by atoms with Gasteiger partial charge in [-0.1, -0.05) is 0 Å². The lowest BCUT2D eigenvalue weighted by Gasteiger charge is -2.16. The minimum Gasteiger partial charge on any atom is -0.271 e. The molecule has 1 unspecified atom stereocenters. The number of benzene rings is 1. The van der Waals surface area contributed by atoms with Crippen LogP contribution in [0, 0.1) is 11.6 Å². The lowest BCUT2D eigenvalue weighted by Crippen LogP contribution is -2.30. The highest BCUT2D eigenvalue weighted by atomic mass is 79.9. The number of hydrogen-bond acceptors (Lipinski definition) is 4. The lowest BCUT2D eigenvalue weighted by molar-refractivity contribution is 0.490. The maximum atomic E-state index is 13.9. The van der Waals surface area contributed by atoms with Crippen LogP contribution in [0.4, 0.5) is 8.78 Å². The SMILES string of the molecule is NNC(Cc1c(F)ccc(Br)c1F)c1cnccn1. The van der Waals surface area contributed by atoms with Crippen LogP contribution in [0.15, 0.2) is 35.2 Å². The fourth-order valence-electron chi connectivity index (χ4n) is 1.70. The number of hydrazine groups is 1. The van der Waals surface area contributed by atoms with Crippen LogP contribution in [0.1, 0.15) is 17.3 Å². The summed E-state index contributed by atoms with van der Waals surface area (Å²) in [7, 11) is 0. The van der Waals surface area contributed by atoms with Gasteiger partial charge in [-0.15, -0.1) is 0 Å². The Morgan fingerprint density at radius 3 is 2.74 bits per heavy atom. The smallest absolute Gasteiger partial charge is 0.143 e. The largest absolute Gasteiger partial charge is 0.271 e. The molecule has 0 amide bonds. The van der Waals surface area contributed by atoms with Crippen LogP contribution in [0.3, 0.4) is 0 Å². The van der Waals surface area contributed by atoms with Crippen molar-refractivity contribution < 1.29 is 8.78 Å². The molecule has 0 aliphatic heterocycles. The molecule has 3 N–H and O–H groups in total. The maximum absolute atomic E-state index is 13.9. The Balaban J connectivity index is 2.32. The first-order chi connectivity index (χ1) is 9.13. The van der Waals surface area contributed by atoms with Crippen LogP contribution in [0.5, 0.6) is 0 Å². The van der Waals surface area contributed by atoms with Gasteiger partial charge in [0.2, 0.25) is 0 Å². The molecule has 0 saturated carbocycles. The van der Waals surface area contributed by atoms with E-state index in [0.29, 0.717) is 5.69 Å². The molecule has 0 bridgehead atoms. The average molecular weight is 329 g/mol. The van der Waals surface area contributed by atoms with Gasteiger partial charge in [-0.2, -0.15) is 0 Å². The first-order valence-electron chi connectivity index (χ1n) is 5.48. The zero-order chi connectivity index (χ0) is 13.8. The normalized spacial score (nSPS) is 12.4. The monoisotopic (exact) mass is 328 g/mol. The maximum Gasteiger partial charge on any atom is 0.143 e. The molecule has 2 rings (SSSR count). The van der Waals surface area contributed by atoms with Gasteiger partial charge in [-0.25, -0.2) is 8.78 Å². The molecule has 0 aliphatic rings. The second-order valence-corrected chi connectivity index (χ2v) is 4.73. The zero-order valence-electron chi connectivity index (χ0n) is 9.78. The van der Waals surface area contributed by atoms with E-state index in [2.05, 4.69) is 31.3 Å². The van der Waals surface area contributed by atoms with E-state index in [1.165, 1.54) is 30.7 Å². The molecule has 0 saturated heterocycles. The number of aromatic nitrogens is 2. The zero-order valence-corrected chi connectivity index (χ0v) is 11.4. The molecule has 19 heavy (non-hydrogen) atoms. The number of rotatable bonds is 4. The third-order valence-corrected chi connectivity index (χ3v) is 3.30. The fourth-order valence-corrected chi connectivity index (χ4v) is 2.07. The molecule has 100 valence electrons. The van der Waals surface area contributed by atoms with Gasteiger partial charge < -0.3 is 0 Å². The summed E-state index contributed by atoms with van der Waals surface area (Å²) in [6.45, 7) is 0. The molecule has 0 spiro atoms. The number of nitrogens with two attached hydrogens (primary N) is 1. The number of nitrogens with one attached hydrogen (secondary N) is 1. The summed E-state index contributed by atoms with van der Waals surface area (Å²) in [6, 6.07) is 2.00. The third-order valence-electron chi connectivity index (χ3n) is 2.69. The minimum absolute atomic E-state index is 0.0340. The Morgan fingerprint density at radius 1 is 1.32 bits per heavy atom. The molecule has 0 fully saturated rings. The van der Waals surface area contributed by atoms with E-state index in [1.54, 1.807) is 0 Å². The first-order valence-corrected chi connectivity index (χ1v) is 6.27. The van der Waals surface area contributed by atoms with E-state index in [9.17, 15) is 8.78 Å². The summed E-state index contributed by atoms with van der Waals surface area (Å²) in [4.78, 5) is 7.97. The molecule has 0 radical (unpaired) electrons. The van der Waals surface area contributed by atoms with Crippen molar-refractivity contribution in [2.24, 2.45) is 5.84 Å². The predicted octanol–water partition coefficient (Wildman–Crippen LogP) is 2.26. The van der Waals surface area contributed by atoms with Crippen LogP contribution in [0.2, 0.25) is 0 Å². The number of halogens is 3. The summed E-state index contributed by atoms with van der Waals surface area (Å²) in [6.07, 6.45) is 4.54. The molecule has 1 heterocycles. The second-order valence-electron chi connectivity index (χ2n) is 3.88. The average Bonchev–Trinajstić information content (AvgIpc) is 2.44. The Bertz CT molecular complexity index is 565. The van der Waals surface area contributed by atoms with Gasteiger partial charge in [-0.3, -0.25) is 21.2 Å². The third kappa shape index (κ3) is 3.12. The quantitative estimate of drug-likeness (QED) is 0.513. The molecule has 1 aromatic carbocycles. The highest BCUT2D eigenvalue weighted by molar-refractivity contribution is 9.10. The Hall–Kier alpha value is -1.44. The lowest BCUT2D eigenvalue weighted by atomic mass is 10.0. The van der Waals surface area contributed by atoms with Crippen molar-refractivity contribution in [2.45, 2.75) is 12.5 Å². The van der Waals surface area contributed by atoms with Crippen LogP contribution in [0.25, 0.3) is 0 Å². The van der Waals surface area contributed by atoms with Crippen molar-refractivity contribution in [1.82, 2.24) is 15.4 Å². The Labute approximate surface area is 117 Å². The van der Waals surface area contributed by atoms with E-state index in [-0.39, 0.29) is 16.5 Å². The number of hydrogen-bond donors (Lipinski definition) is 2. The van der Waals surface area contributed by atoms with E-state index in [4.69, 9.17) is 5.84 Å². The topological polar surface area (TPSA) is 63.8 Å². The molecular weight excluding hydrogens is 318 g/mol. The second kappa shape index (κ2) is 6.14. The van der Waals surface area contributed by atoms with Gasteiger partial charge >= 0.3 is 0 Å². The summed E-state index contributed by atoms with van der Waals surface area (Å²) in [5.41, 5.74) is 2.95. The number of nitrogens with zero attached hydrogens (tertiary/aromatic N) is 2. The summed E-state index contributed by atoms with van der Waals surface area (Å²) >= 11 is 3.03. The summed E-state index contributed by atoms with van der Waals surface area (Å²) < 4.78 is 27.8. The fraction of sp³-hybridized carbons (Fsp3) is 0.167. The predicted molar refractivity (Wildman–Crippen MR) is 69.9 cm³/mol. The van der Waals surface area contributed by atoms with Gasteiger partial charge in [0.1, 0.15) is 11.6 Å². The van der Waals surface area contributed by atoms with E-state index >= 15 is 0 Å². The van der Waals surface area contributed by atoms with Crippen molar-refractivity contribution in [1.29, 1.82) is 0 Å².